The topological polar surface area (TPSA) is 63.4 Å². The average molecular weight is 220 g/mol. The molecule has 1 aliphatic heterocycles. The Morgan fingerprint density at radius 3 is 2.36 bits per heavy atom. The summed E-state index contributed by atoms with van der Waals surface area (Å²) in [7, 11) is -2.88. The van der Waals surface area contributed by atoms with Crippen LogP contribution >= 0.6 is 0 Å². The Bertz CT molecular complexity index is 246. The quantitative estimate of drug-likeness (QED) is 0.676. The van der Waals surface area contributed by atoms with Gasteiger partial charge in [0, 0.05) is 6.54 Å². The van der Waals surface area contributed by atoms with Gasteiger partial charge in [-0.2, -0.15) is 0 Å². The molecule has 0 saturated carbocycles. The summed E-state index contributed by atoms with van der Waals surface area (Å²) in [5, 5.41) is 0. The zero-order valence-corrected chi connectivity index (χ0v) is 9.43. The molecule has 0 aromatic heterocycles. The third-order valence-electron chi connectivity index (χ3n) is 2.56. The highest BCUT2D eigenvalue weighted by atomic mass is 32.2. The van der Waals surface area contributed by atoms with Gasteiger partial charge < -0.3 is 10.6 Å². The lowest BCUT2D eigenvalue weighted by atomic mass is 10.4. The van der Waals surface area contributed by atoms with Gasteiger partial charge in [0.05, 0.1) is 11.5 Å². The van der Waals surface area contributed by atoms with Crippen LogP contribution < -0.4 is 5.73 Å². The first-order chi connectivity index (χ1) is 6.64. The third-order valence-corrected chi connectivity index (χ3v) is 4.33. The van der Waals surface area contributed by atoms with E-state index in [1.165, 1.54) is 12.8 Å². The predicted molar refractivity (Wildman–Crippen MR) is 58.0 cm³/mol. The van der Waals surface area contributed by atoms with E-state index in [4.69, 9.17) is 5.73 Å². The van der Waals surface area contributed by atoms with Crippen LogP contribution in [0.25, 0.3) is 0 Å². The lowest BCUT2D eigenvalue weighted by Crippen LogP contribution is -2.24. The first kappa shape index (κ1) is 11.9. The van der Waals surface area contributed by atoms with Crippen molar-refractivity contribution in [2.24, 2.45) is 5.73 Å². The molecule has 0 aromatic rings. The van der Waals surface area contributed by atoms with E-state index in [0.29, 0.717) is 5.75 Å². The minimum atomic E-state index is -2.88. The third kappa shape index (κ3) is 4.39. The van der Waals surface area contributed by atoms with Gasteiger partial charge in [0.25, 0.3) is 0 Å². The Balaban J connectivity index is 2.13. The molecule has 1 heterocycles. The number of nitrogens with zero attached hydrogens (tertiary/aromatic N) is 1. The van der Waals surface area contributed by atoms with Gasteiger partial charge >= 0.3 is 0 Å². The van der Waals surface area contributed by atoms with Gasteiger partial charge in [0.2, 0.25) is 0 Å². The highest BCUT2D eigenvalue weighted by molar-refractivity contribution is 7.91. The number of rotatable bonds is 6. The normalized spacial score (nSPS) is 18.9. The van der Waals surface area contributed by atoms with E-state index in [0.717, 1.165) is 26.1 Å². The lowest BCUT2D eigenvalue weighted by molar-refractivity contribution is 0.340. The van der Waals surface area contributed by atoms with Crippen LogP contribution in [0.3, 0.4) is 0 Å². The Hall–Kier alpha value is -0.130. The zero-order valence-electron chi connectivity index (χ0n) is 8.61. The fraction of sp³-hybridized carbons (Fsp3) is 1.00. The molecular weight excluding hydrogens is 200 g/mol. The molecule has 0 amide bonds. The summed E-state index contributed by atoms with van der Waals surface area (Å²) < 4.78 is 22.6. The van der Waals surface area contributed by atoms with E-state index in [1.54, 1.807) is 0 Å². The molecule has 0 bridgehead atoms. The number of nitrogens with two attached hydrogens (primary N) is 1. The molecule has 0 spiro atoms. The highest BCUT2D eigenvalue weighted by Gasteiger charge is 2.13. The lowest BCUT2D eigenvalue weighted by Gasteiger charge is -2.13. The maximum absolute atomic E-state index is 11.3. The van der Waals surface area contributed by atoms with Crippen molar-refractivity contribution < 1.29 is 8.42 Å². The summed E-state index contributed by atoms with van der Waals surface area (Å²) in [6, 6.07) is 0. The average Bonchev–Trinajstić information content (AvgIpc) is 2.56. The molecule has 2 N–H and O–H groups in total. The Morgan fingerprint density at radius 2 is 1.79 bits per heavy atom. The molecule has 5 heteroatoms. The Labute approximate surface area is 86.4 Å². The zero-order chi connectivity index (χ0) is 10.4. The smallest absolute Gasteiger partial charge is 0.151 e. The molecule has 0 atom stereocenters. The monoisotopic (exact) mass is 220 g/mol. The molecule has 0 radical (unpaired) electrons. The molecule has 84 valence electrons. The van der Waals surface area contributed by atoms with E-state index in [9.17, 15) is 8.42 Å². The summed E-state index contributed by atoms with van der Waals surface area (Å²) in [5.74, 6) is 0.424. The maximum atomic E-state index is 11.3. The molecule has 0 aromatic carbocycles. The van der Waals surface area contributed by atoms with E-state index in [2.05, 4.69) is 4.90 Å². The van der Waals surface area contributed by atoms with Gasteiger partial charge in [-0.1, -0.05) is 0 Å². The molecule has 0 unspecified atom stereocenters. The van der Waals surface area contributed by atoms with Crippen LogP contribution in [-0.4, -0.2) is 51.0 Å². The predicted octanol–water partition coefficient (Wildman–Crippen LogP) is -0.154. The molecule has 1 rings (SSSR count). The van der Waals surface area contributed by atoms with Crippen molar-refractivity contribution in [3.05, 3.63) is 0 Å². The Morgan fingerprint density at radius 1 is 1.14 bits per heavy atom. The fourth-order valence-corrected chi connectivity index (χ4v) is 2.93. The van der Waals surface area contributed by atoms with E-state index >= 15 is 0 Å². The second kappa shape index (κ2) is 5.68. The van der Waals surface area contributed by atoms with Crippen molar-refractivity contribution in [1.82, 2.24) is 4.90 Å². The van der Waals surface area contributed by atoms with Crippen LogP contribution in [0.2, 0.25) is 0 Å². The highest BCUT2D eigenvalue weighted by Crippen LogP contribution is 2.07. The van der Waals surface area contributed by atoms with Crippen molar-refractivity contribution in [2.45, 2.75) is 19.3 Å². The summed E-state index contributed by atoms with van der Waals surface area (Å²) >= 11 is 0. The molecular formula is C9H20N2O2S. The van der Waals surface area contributed by atoms with Crippen molar-refractivity contribution in [3.8, 4) is 0 Å². The Kier molecular flexibility index (Phi) is 4.84. The summed E-state index contributed by atoms with van der Waals surface area (Å²) in [6.07, 6.45) is 3.27. The molecule has 1 fully saturated rings. The fourth-order valence-electron chi connectivity index (χ4n) is 1.80. The second-order valence-electron chi connectivity index (χ2n) is 3.84. The maximum Gasteiger partial charge on any atom is 0.151 e. The number of hydrogen-bond acceptors (Lipinski definition) is 4. The number of likely N-dealkylation sites (tertiary alicyclic amines) is 1. The van der Waals surface area contributed by atoms with Crippen LogP contribution in [0.15, 0.2) is 0 Å². The molecule has 0 aliphatic carbocycles. The molecule has 4 nitrogen and oxygen atoms in total. The molecule has 1 aliphatic rings. The van der Waals surface area contributed by atoms with Gasteiger partial charge in [0.1, 0.15) is 0 Å². The minimum Gasteiger partial charge on any atom is -0.329 e. The summed E-state index contributed by atoms with van der Waals surface area (Å²) in [4.78, 5) is 2.33. The van der Waals surface area contributed by atoms with Crippen LogP contribution in [0.4, 0.5) is 0 Å². The van der Waals surface area contributed by atoms with Crippen LogP contribution in [0, 0.1) is 0 Å². The van der Waals surface area contributed by atoms with Gasteiger partial charge in [0.15, 0.2) is 9.84 Å². The van der Waals surface area contributed by atoms with Crippen molar-refractivity contribution in [3.63, 3.8) is 0 Å². The van der Waals surface area contributed by atoms with E-state index < -0.39 is 9.84 Å². The van der Waals surface area contributed by atoms with Crippen LogP contribution in [0.1, 0.15) is 19.3 Å². The number of hydrogen-bond donors (Lipinski definition) is 1. The van der Waals surface area contributed by atoms with Crippen molar-refractivity contribution in [1.29, 1.82) is 0 Å². The number of sulfone groups is 1. The van der Waals surface area contributed by atoms with Gasteiger partial charge in [-0.3, -0.25) is 0 Å². The van der Waals surface area contributed by atoms with Crippen LogP contribution in [0.5, 0.6) is 0 Å². The van der Waals surface area contributed by atoms with Gasteiger partial charge in [-0.15, -0.1) is 0 Å². The van der Waals surface area contributed by atoms with Crippen LogP contribution in [-0.2, 0) is 9.84 Å². The molecule has 14 heavy (non-hydrogen) atoms. The SMILES string of the molecule is NCCS(=O)(=O)CCCN1CCCC1. The summed E-state index contributed by atoms with van der Waals surface area (Å²) in [6.45, 7) is 3.43. The largest absolute Gasteiger partial charge is 0.329 e. The first-order valence-electron chi connectivity index (χ1n) is 5.27. The first-order valence-corrected chi connectivity index (χ1v) is 7.09. The van der Waals surface area contributed by atoms with Gasteiger partial charge in [-0.25, -0.2) is 8.42 Å². The summed E-state index contributed by atoms with van der Waals surface area (Å²) in [5.41, 5.74) is 5.22. The minimum absolute atomic E-state index is 0.132. The van der Waals surface area contributed by atoms with Crippen molar-refractivity contribution >= 4 is 9.84 Å². The standard InChI is InChI=1S/C9H20N2O2S/c10-4-9-14(12,13)8-3-7-11-5-1-2-6-11/h1-10H2. The van der Waals surface area contributed by atoms with E-state index in [-0.39, 0.29) is 12.3 Å². The molecule has 1 saturated heterocycles. The van der Waals surface area contributed by atoms with Crippen molar-refractivity contribution in [2.75, 3.05) is 37.7 Å². The second-order valence-corrected chi connectivity index (χ2v) is 6.15. The van der Waals surface area contributed by atoms with Gasteiger partial charge in [-0.05, 0) is 38.9 Å². The van der Waals surface area contributed by atoms with E-state index in [1.807, 2.05) is 0 Å².